The van der Waals surface area contributed by atoms with Gasteiger partial charge in [-0.1, -0.05) is 18.2 Å². The van der Waals surface area contributed by atoms with E-state index in [9.17, 15) is 19.5 Å². The molecule has 0 unspecified atom stereocenters. The molecule has 3 amide bonds. The summed E-state index contributed by atoms with van der Waals surface area (Å²) < 4.78 is 5.90. The van der Waals surface area contributed by atoms with E-state index in [2.05, 4.69) is 29.2 Å². The third kappa shape index (κ3) is 6.35. The highest BCUT2D eigenvalue weighted by atomic mass is 16.6. The van der Waals surface area contributed by atoms with E-state index in [0.29, 0.717) is 32.0 Å². The molecule has 2 fully saturated rings. The van der Waals surface area contributed by atoms with E-state index in [-0.39, 0.29) is 30.9 Å². The van der Waals surface area contributed by atoms with Gasteiger partial charge in [0.05, 0.1) is 0 Å². The first-order valence-electron chi connectivity index (χ1n) is 15.4. The minimum atomic E-state index is -0.904. The van der Waals surface area contributed by atoms with Crippen molar-refractivity contribution < 1.29 is 24.2 Å². The average Bonchev–Trinajstić information content (AvgIpc) is 3.16. The van der Waals surface area contributed by atoms with Gasteiger partial charge in [-0.15, -0.1) is 0 Å². The minimum absolute atomic E-state index is 0.0629. The lowest BCUT2D eigenvalue weighted by molar-refractivity contribution is -0.128. The van der Waals surface area contributed by atoms with E-state index in [1.807, 2.05) is 55.1 Å². The first-order chi connectivity index (χ1) is 20.6. The molecule has 0 saturated carbocycles. The number of aldehydes is 1. The highest BCUT2D eigenvalue weighted by molar-refractivity contribution is 5.91. The van der Waals surface area contributed by atoms with Crippen molar-refractivity contribution in [3.8, 4) is 5.75 Å². The number of para-hydroxylation sites is 1. The number of fused-ring (bicyclic) bond motifs is 1. The Kier molecular flexibility index (Phi) is 9.27. The standard InChI is InChI=1S/C33H45N5O5/c1-23-19-25(20-24(2)30(23)40)22-43-32(42)38-17-12-28(37-16-9-26-7-5-6-8-29(26)34-31(37)41)21-33(38,13-18-39)36-14-10-27(11-15-36)35(3)4/h5-8,18-20,27-28,40H,9-17,21-22H2,1-4H3,(H,34,41)/t28-,33+/m1/s1. The molecule has 43 heavy (non-hydrogen) atoms. The van der Waals surface area contributed by atoms with Gasteiger partial charge in [-0.25, -0.2) is 9.59 Å². The van der Waals surface area contributed by atoms with E-state index in [1.165, 1.54) is 0 Å². The molecule has 232 valence electrons. The Labute approximate surface area is 254 Å². The molecule has 10 heteroatoms. The number of piperidine rings is 2. The molecular formula is C33H45N5O5. The summed E-state index contributed by atoms with van der Waals surface area (Å²) in [4.78, 5) is 47.9. The number of ether oxygens (including phenoxy) is 1. The van der Waals surface area contributed by atoms with Crippen molar-refractivity contribution >= 4 is 24.1 Å². The van der Waals surface area contributed by atoms with Crippen molar-refractivity contribution in [3.05, 3.63) is 58.7 Å². The molecule has 2 aromatic carbocycles. The van der Waals surface area contributed by atoms with Crippen molar-refractivity contribution in [2.75, 3.05) is 45.6 Å². The second-order valence-corrected chi connectivity index (χ2v) is 12.5. The highest BCUT2D eigenvalue weighted by Crippen LogP contribution is 2.40. The molecule has 5 rings (SSSR count). The lowest BCUT2D eigenvalue weighted by atomic mass is 9.84. The summed E-state index contributed by atoms with van der Waals surface area (Å²) in [7, 11) is 4.18. The van der Waals surface area contributed by atoms with E-state index in [4.69, 9.17) is 4.74 Å². The molecule has 2 atom stereocenters. The molecule has 3 aliphatic heterocycles. The Hall–Kier alpha value is -3.63. The summed E-state index contributed by atoms with van der Waals surface area (Å²) >= 11 is 0. The molecule has 10 nitrogen and oxygen atoms in total. The van der Waals surface area contributed by atoms with Crippen LogP contribution in [0, 0.1) is 13.8 Å². The number of amides is 3. The van der Waals surface area contributed by atoms with E-state index in [1.54, 1.807) is 4.90 Å². The normalized spacial score (nSPS) is 23.5. The number of nitrogens with one attached hydrogen (secondary N) is 1. The minimum Gasteiger partial charge on any atom is -0.507 e. The van der Waals surface area contributed by atoms with Crippen molar-refractivity contribution in [1.29, 1.82) is 0 Å². The molecule has 2 N–H and O–H groups in total. The Balaban J connectivity index is 1.41. The fraction of sp³-hybridized carbons (Fsp3) is 0.545. The van der Waals surface area contributed by atoms with Crippen LogP contribution in [0.2, 0.25) is 0 Å². The van der Waals surface area contributed by atoms with Gasteiger partial charge in [0.2, 0.25) is 0 Å². The first-order valence-corrected chi connectivity index (χ1v) is 15.4. The average molecular weight is 592 g/mol. The maximum atomic E-state index is 13.9. The third-order valence-corrected chi connectivity index (χ3v) is 9.66. The number of carbonyl (C=O) groups excluding carboxylic acids is 3. The van der Waals surface area contributed by atoms with Gasteiger partial charge in [0, 0.05) is 56.8 Å². The van der Waals surface area contributed by atoms with Crippen LogP contribution < -0.4 is 5.32 Å². The van der Waals surface area contributed by atoms with Crippen LogP contribution in [-0.4, -0.2) is 101 Å². The summed E-state index contributed by atoms with van der Waals surface area (Å²) in [5.41, 5.74) is 3.28. The first kappa shape index (κ1) is 30.8. The number of rotatable bonds is 7. The smallest absolute Gasteiger partial charge is 0.411 e. The topological polar surface area (TPSA) is 106 Å². The molecule has 2 aromatic rings. The molecule has 0 aliphatic carbocycles. The Bertz CT molecular complexity index is 1320. The summed E-state index contributed by atoms with van der Waals surface area (Å²) in [6.07, 6.45) is 4.21. The number of phenols is 1. The lowest BCUT2D eigenvalue weighted by Gasteiger charge is -2.56. The maximum Gasteiger partial charge on any atom is 0.411 e. The van der Waals surface area contributed by atoms with Crippen LogP contribution in [0.25, 0.3) is 0 Å². The number of hydrogen-bond acceptors (Lipinski definition) is 7. The highest BCUT2D eigenvalue weighted by Gasteiger charge is 2.51. The number of anilines is 1. The molecule has 0 radical (unpaired) electrons. The molecule has 3 aliphatic rings. The van der Waals surface area contributed by atoms with Gasteiger partial charge < -0.3 is 29.8 Å². The van der Waals surface area contributed by atoms with Crippen molar-refractivity contribution in [3.63, 3.8) is 0 Å². The van der Waals surface area contributed by atoms with Crippen LogP contribution in [0.5, 0.6) is 5.75 Å². The van der Waals surface area contributed by atoms with Crippen LogP contribution in [0.4, 0.5) is 15.3 Å². The van der Waals surface area contributed by atoms with Crippen LogP contribution in [0.15, 0.2) is 36.4 Å². The molecule has 0 aromatic heterocycles. The number of hydrogen-bond donors (Lipinski definition) is 2. The van der Waals surface area contributed by atoms with Crippen LogP contribution in [-0.2, 0) is 22.6 Å². The SMILES string of the molecule is Cc1cc(COC(=O)N2CC[C@@H](N3CCc4ccccc4NC3=O)C[C@@]2(CC=O)N2CCC(N(C)C)CC2)cc(C)c1O. The number of aryl methyl sites for hydroxylation is 2. The lowest BCUT2D eigenvalue weighted by Crippen LogP contribution is -2.69. The number of aromatic hydroxyl groups is 1. The fourth-order valence-corrected chi connectivity index (χ4v) is 7.25. The Morgan fingerprint density at radius 1 is 1.09 bits per heavy atom. The molecule has 2 saturated heterocycles. The number of phenolic OH excluding ortho intramolecular Hbond substituents is 1. The molecule has 3 heterocycles. The predicted molar refractivity (Wildman–Crippen MR) is 165 cm³/mol. The third-order valence-electron chi connectivity index (χ3n) is 9.66. The Morgan fingerprint density at radius 3 is 2.47 bits per heavy atom. The zero-order valence-corrected chi connectivity index (χ0v) is 25.8. The van der Waals surface area contributed by atoms with Crippen LogP contribution in [0.1, 0.15) is 54.4 Å². The van der Waals surface area contributed by atoms with Gasteiger partial charge in [0.15, 0.2) is 0 Å². The van der Waals surface area contributed by atoms with Crippen molar-refractivity contribution in [1.82, 2.24) is 19.6 Å². The van der Waals surface area contributed by atoms with Crippen LogP contribution in [0.3, 0.4) is 0 Å². The summed E-state index contributed by atoms with van der Waals surface area (Å²) in [6.45, 7) is 6.12. The molecular weight excluding hydrogens is 546 g/mol. The van der Waals surface area contributed by atoms with E-state index < -0.39 is 11.8 Å². The number of urea groups is 1. The quantitative estimate of drug-likeness (QED) is 0.457. The van der Waals surface area contributed by atoms with Gasteiger partial charge >= 0.3 is 12.1 Å². The number of benzene rings is 2. The van der Waals surface area contributed by atoms with Gasteiger partial charge in [-0.3, -0.25) is 9.80 Å². The zero-order valence-electron chi connectivity index (χ0n) is 25.8. The van der Waals surface area contributed by atoms with Gasteiger partial charge in [-0.2, -0.15) is 0 Å². The summed E-state index contributed by atoms with van der Waals surface area (Å²) in [5, 5.41) is 13.3. The second-order valence-electron chi connectivity index (χ2n) is 12.5. The van der Waals surface area contributed by atoms with Crippen LogP contribution >= 0.6 is 0 Å². The molecule has 0 spiro atoms. The Morgan fingerprint density at radius 2 is 1.79 bits per heavy atom. The van der Waals surface area contributed by atoms with Gasteiger partial charge in [0.25, 0.3) is 0 Å². The summed E-state index contributed by atoms with van der Waals surface area (Å²) in [5.74, 6) is 0.240. The largest absolute Gasteiger partial charge is 0.507 e. The maximum absolute atomic E-state index is 13.9. The number of likely N-dealkylation sites (tertiary alicyclic amines) is 2. The van der Waals surface area contributed by atoms with Gasteiger partial charge in [-0.05, 0) is 94.1 Å². The van der Waals surface area contributed by atoms with Gasteiger partial charge in [0.1, 0.15) is 24.3 Å². The number of nitrogens with zero attached hydrogens (tertiary/aromatic N) is 4. The fourth-order valence-electron chi connectivity index (χ4n) is 7.25. The van der Waals surface area contributed by atoms with Crippen molar-refractivity contribution in [2.24, 2.45) is 0 Å². The van der Waals surface area contributed by atoms with E-state index in [0.717, 1.165) is 66.6 Å². The zero-order chi connectivity index (χ0) is 30.7. The summed E-state index contributed by atoms with van der Waals surface area (Å²) in [6, 6.07) is 11.7. The van der Waals surface area contributed by atoms with Crippen molar-refractivity contribution in [2.45, 2.75) is 76.7 Å². The number of carbonyl (C=O) groups is 3. The molecule has 0 bridgehead atoms. The second kappa shape index (κ2) is 12.9. The predicted octanol–water partition coefficient (Wildman–Crippen LogP) is 4.51. The monoisotopic (exact) mass is 591 g/mol. The van der Waals surface area contributed by atoms with E-state index >= 15 is 0 Å².